The van der Waals surface area contributed by atoms with Gasteiger partial charge in [0, 0.05) is 12.3 Å². The second-order valence-corrected chi connectivity index (χ2v) is 13.2. The molecule has 1 aromatic heterocycles. The van der Waals surface area contributed by atoms with Gasteiger partial charge in [0.25, 0.3) is 0 Å². The Morgan fingerprint density at radius 1 is 1.20 bits per heavy atom. The fraction of sp³-hybridized carbons (Fsp3) is 0.731. The number of rotatable bonds is 2. The van der Waals surface area contributed by atoms with Crippen molar-refractivity contribution in [2.45, 2.75) is 104 Å². The lowest BCUT2D eigenvalue weighted by Crippen LogP contribution is -2.45. The van der Waals surface area contributed by atoms with Crippen LogP contribution in [0.4, 0.5) is 0 Å². The van der Waals surface area contributed by atoms with Crippen molar-refractivity contribution in [3.63, 3.8) is 0 Å². The van der Waals surface area contributed by atoms with Crippen LogP contribution in [0.2, 0.25) is 0 Å². The number of fused-ring (bicyclic) bond motifs is 1. The molecule has 0 aromatic carbocycles. The molecule has 0 aliphatic carbocycles. The van der Waals surface area contributed by atoms with Gasteiger partial charge in [-0.25, -0.2) is 4.98 Å². The van der Waals surface area contributed by atoms with Crippen LogP contribution in [0.5, 0.6) is 0 Å². The van der Waals surface area contributed by atoms with Crippen LogP contribution in [-0.4, -0.2) is 57.5 Å². The third-order valence-corrected chi connectivity index (χ3v) is 9.15. The smallest absolute Gasteiger partial charge is 0.309 e. The van der Waals surface area contributed by atoms with Crippen molar-refractivity contribution in [1.29, 1.82) is 0 Å². The van der Waals surface area contributed by atoms with Crippen molar-refractivity contribution >= 4 is 45.1 Å². The van der Waals surface area contributed by atoms with Crippen LogP contribution in [0.1, 0.15) is 77.4 Å². The number of nitrogens with zero attached hydrogens (tertiary/aromatic N) is 1. The lowest BCUT2D eigenvalue weighted by molar-refractivity contribution is -0.154. The molecule has 0 unspecified atom stereocenters. The van der Waals surface area contributed by atoms with Crippen LogP contribution >= 0.6 is 27.3 Å². The summed E-state index contributed by atoms with van der Waals surface area (Å²) in [5.41, 5.74) is 0.425. The molecule has 0 spiro atoms. The number of cyclic esters (lactones) is 1. The third kappa shape index (κ3) is 7.01. The van der Waals surface area contributed by atoms with Crippen molar-refractivity contribution in [2.75, 3.05) is 0 Å². The van der Waals surface area contributed by atoms with Gasteiger partial charge in [0.15, 0.2) is 0 Å². The van der Waals surface area contributed by atoms with E-state index in [0.717, 1.165) is 39.3 Å². The summed E-state index contributed by atoms with van der Waals surface area (Å²) in [6.45, 7) is 10.7. The summed E-state index contributed by atoms with van der Waals surface area (Å²) < 4.78 is 12.6. The summed E-state index contributed by atoms with van der Waals surface area (Å²) in [5.74, 6) is -1.54. The number of esters is 1. The summed E-state index contributed by atoms with van der Waals surface area (Å²) in [7, 11) is 0. The largest absolute Gasteiger partial charge is 0.458 e. The molecule has 7 nitrogen and oxygen atoms in total. The van der Waals surface area contributed by atoms with E-state index in [4.69, 9.17) is 9.47 Å². The first-order valence-electron chi connectivity index (χ1n) is 12.4. The summed E-state index contributed by atoms with van der Waals surface area (Å²) in [5, 5.41) is 22.6. The minimum Gasteiger partial charge on any atom is -0.458 e. The number of thiazole rings is 1. The van der Waals surface area contributed by atoms with Gasteiger partial charge in [-0.3, -0.25) is 9.59 Å². The molecule has 35 heavy (non-hydrogen) atoms. The van der Waals surface area contributed by atoms with Crippen LogP contribution in [0, 0.1) is 24.2 Å². The van der Waals surface area contributed by atoms with Gasteiger partial charge in [-0.15, -0.1) is 11.3 Å². The first-order valence-corrected chi connectivity index (χ1v) is 14.0. The van der Waals surface area contributed by atoms with E-state index in [0.29, 0.717) is 6.42 Å². The molecule has 0 radical (unpaired) electrons. The van der Waals surface area contributed by atoms with Gasteiger partial charge in [0.1, 0.15) is 11.9 Å². The van der Waals surface area contributed by atoms with Crippen LogP contribution < -0.4 is 0 Å². The van der Waals surface area contributed by atoms with E-state index < -0.39 is 35.6 Å². The standard InChI is InChI=1S/C26H38BrNO6S/c1-13-8-7-9-18-20(33-18)11-19(14(2)10-17-25(27)35-16(4)28-17)34-22(30)12-21(29)26(5,6)24(32)15(3)23(13)31/h10,13,15,18-21,23,29,31H,7-9,11-12H2,1-6H3/b14-10+/t13-,15+,18+,19-,20-,21-,23-/m0/s1. The zero-order valence-corrected chi connectivity index (χ0v) is 23.8. The number of hydrogen-bond donors (Lipinski definition) is 2. The molecule has 2 N–H and O–H groups in total. The molecule has 0 amide bonds. The number of aromatic nitrogens is 1. The molecule has 0 saturated carbocycles. The molecule has 9 heteroatoms. The number of ether oxygens (including phenoxy) is 2. The number of epoxide rings is 1. The average Bonchev–Trinajstić information content (AvgIpc) is 3.44. The normalized spacial score (nSPS) is 35.3. The Morgan fingerprint density at radius 3 is 2.51 bits per heavy atom. The molecule has 3 rings (SSSR count). The van der Waals surface area contributed by atoms with E-state index in [9.17, 15) is 19.8 Å². The highest BCUT2D eigenvalue weighted by Crippen LogP contribution is 2.37. The Balaban J connectivity index is 1.84. The van der Waals surface area contributed by atoms with E-state index in [2.05, 4.69) is 20.9 Å². The highest BCUT2D eigenvalue weighted by atomic mass is 79.9. The summed E-state index contributed by atoms with van der Waals surface area (Å²) >= 11 is 5.08. The molecule has 0 bridgehead atoms. The van der Waals surface area contributed by atoms with E-state index in [1.807, 2.05) is 26.8 Å². The maximum Gasteiger partial charge on any atom is 0.309 e. The molecule has 1 aromatic rings. The fourth-order valence-corrected chi connectivity index (χ4v) is 6.34. The number of halogens is 1. The van der Waals surface area contributed by atoms with E-state index in [1.54, 1.807) is 32.1 Å². The predicted octanol–water partition coefficient (Wildman–Crippen LogP) is 4.85. The lowest BCUT2D eigenvalue weighted by atomic mass is 9.73. The number of ketones is 1. The zero-order chi connectivity index (χ0) is 26.1. The highest BCUT2D eigenvalue weighted by molar-refractivity contribution is 9.11. The van der Waals surface area contributed by atoms with Gasteiger partial charge < -0.3 is 19.7 Å². The predicted molar refractivity (Wildman–Crippen MR) is 139 cm³/mol. The van der Waals surface area contributed by atoms with Crippen molar-refractivity contribution in [3.8, 4) is 0 Å². The minimum absolute atomic E-state index is 0.00763. The van der Waals surface area contributed by atoms with Gasteiger partial charge in [-0.1, -0.05) is 34.1 Å². The number of carbonyl (C=O) groups is 2. The van der Waals surface area contributed by atoms with Crippen molar-refractivity contribution < 1.29 is 29.3 Å². The minimum atomic E-state index is -1.23. The molecule has 196 valence electrons. The van der Waals surface area contributed by atoms with Crippen molar-refractivity contribution in [1.82, 2.24) is 4.98 Å². The lowest BCUT2D eigenvalue weighted by Gasteiger charge is -2.34. The molecule has 7 atom stereocenters. The molecule has 3 heterocycles. The molecule has 2 aliphatic heterocycles. The van der Waals surface area contributed by atoms with Crippen LogP contribution in [0.3, 0.4) is 0 Å². The zero-order valence-electron chi connectivity index (χ0n) is 21.4. The topological polar surface area (TPSA) is 109 Å². The van der Waals surface area contributed by atoms with Gasteiger partial charge in [0.05, 0.1) is 50.7 Å². The SMILES string of the molecule is C/C(=C\c1nc(C)sc1Br)[C@@H]1C[C@@H]2O[C@@H]2CCC[C@H](C)[C@H](O)[C@@H](C)C(=O)C(C)(C)[C@@H](O)CC(=O)O1. The molecule has 2 aliphatic rings. The van der Waals surface area contributed by atoms with E-state index in [-0.39, 0.29) is 30.3 Å². The van der Waals surface area contributed by atoms with Crippen LogP contribution in [0.25, 0.3) is 6.08 Å². The van der Waals surface area contributed by atoms with Crippen molar-refractivity contribution in [2.24, 2.45) is 17.3 Å². The number of hydrogen-bond acceptors (Lipinski definition) is 8. The average molecular weight is 573 g/mol. The Morgan fingerprint density at radius 2 is 1.89 bits per heavy atom. The van der Waals surface area contributed by atoms with Crippen molar-refractivity contribution in [3.05, 3.63) is 20.1 Å². The van der Waals surface area contributed by atoms with E-state index in [1.165, 1.54) is 0 Å². The second-order valence-electron chi connectivity index (χ2n) is 10.7. The summed E-state index contributed by atoms with van der Waals surface area (Å²) in [4.78, 5) is 30.6. The number of Topliss-reactive ketones (excluding diaryl/α,β-unsaturated/α-hetero) is 1. The van der Waals surface area contributed by atoms with Gasteiger partial charge in [0.2, 0.25) is 0 Å². The Bertz CT molecular complexity index is 960. The van der Waals surface area contributed by atoms with Gasteiger partial charge in [-0.2, -0.15) is 0 Å². The molecular weight excluding hydrogens is 534 g/mol. The van der Waals surface area contributed by atoms with E-state index >= 15 is 0 Å². The van der Waals surface area contributed by atoms with Crippen LogP contribution in [-0.2, 0) is 19.1 Å². The quantitative estimate of drug-likeness (QED) is 0.385. The van der Waals surface area contributed by atoms with Gasteiger partial charge >= 0.3 is 5.97 Å². The Labute approximate surface area is 220 Å². The first kappa shape index (κ1) is 28.4. The maximum absolute atomic E-state index is 13.2. The monoisotopic (exact) mass is 571 g/mol. The number of aliphatic hydroxyl groups is 2. The van der Waals surface area contributed by atoms with Crippen LogP contribution in [0.15, 0.2) is 9.36 Å². The number of carbonyl (C=O) groups excluding carboxylic acids is 2. The molecular formula is C26H38BrNO6S. The summed E-state index contributed by atoms with van der Waals surface area (Å²) in [6, 6.07) is 0. The highest BCUT2D eigenvalue weighted by Gasteiger charge is 2.44. The fourth-order valence-electron chi connectivity index (χ4n) is 4.82. The number of aryl methyl sites for hydroxylation is 1. The van der Waals surface area contributed by atoms with Gasteiger partial charge in [-0.05, 0) is 60.2 Å². The maximum atomic E-state index is 13.2. The Kier molecular flexibility index (Phi) is 9.35. The molecule has 2 fully saturated rings. The molecule has 2 saturated heterocycles. The summed E-state index contributed by atoms with van der Waals surface area (Å²) in [6.07, 6.45) is 2.16. The third-order valence-electron chi connectivity index (χ3n) is 7.48. The first-order chi connectivity index (χ1) is 16.3. The number of aliphatic hydroxyl groups excluding tert-OH is 2. The Hall–Kier alpha value is -1.13. The second kappa shape index (κ2) is 11.5.